The van der Waals surface area contributed by atoms with Crippen LogP contribution in [0.4, 0.5) is 4.79 Å². The number of fused-ring (bicyclic) bond motifs is 2. The molecule has 2 heterocycles. The number of esters is 1. The van der Waals surface area contributed by atoms with Gasteiger partial charge in [0.1, 0.15) is 6.10 Å². The normalized spacial score (nSPS) is 30.0. The second-order valence-corrected chi connectivity index (χ2v) is 6.33. The number of nitrogens with zero attached hydrogens (tertiary/aromatic N) is 1. The Morgan fingerprint density at radius 1 is 1.18 bits per heavy atom. The molecular weight excluding hydrogens is 306 g/mol. The highest BCUT2D eigenvalue weighted by Crippen LogP contribution is 2.40. The molecule has 6 heteroatoms. The molecule has 5 nitrogen and oxygen atoms in total. The zero-order chi connectivity index (χ0) is 15.7. The second-order valence-electron chi connectivity index (χ2n) is 5.71. The van der Waals surface area contributed by atoms with Gasteiger partial charge in [0.05, 0.1) is 18.7 Å². The molecule has 2 saturated heterocycles. The summed E-state index contributed by atoms with van der Waals surface area (Å²) in [5, 5.41) is -0.00339. The van der Waals surface area contributed by atoms with E-state index in [1.54, 1.807) is 29.2 Å². The number of halogens is 1. The van der Waals surface area contributed by atoms with E-state index in [-0.39, 0.29) is 35.6 Å². The van der Waals surface area contributed by atoms with Crippen LogP contribution >= 0.6 is 11.6 Å². The van der Waals surface area contributed by atoms with Gasteiger partial charge in [-0.2, -0.15) is 0 Å². The van der Waals surface area contributed by atoms with Gasteiger partial charge in [-0.15, -0.1) is 11.6 Å². The van der Waals surface area contributed by atoms with Crippen LogP contribution in [0, 0.1) is 0 Å². The summed E-state index contributed by atoms with van der Waals surface area (Å²) in [5.74, 6) is -0.367. The molecule has 3 rings (SSSR count). The van der Waals surface area contributed by atoms with Crippen molar-refractivity contribution < 1.29 is 19.1 Å². The molecule has 1 amide bonds. The van der Waals surface area contributed by atoms with Crippen molar-refractivity contribution in [3.05, 3.63) is 35.9 Å². The Morgan fingerprint density at radius 2 is 1.91 bits per heavy atom. The molecule has 0 radical (unpaired) electrons. The van der Waals surface area contributed by atoms with Crippen LogP contribution < -0.4 is 0 Å². The Morgan fingerprint density at radius 3 is 2.59 bits per heavy atom. The van der Waals surface area contributed by atoms with Gasteiger partial charge in [-0.1, -0.05) is 18.2 Å². The molecular formula is C16H18ClNO4. The van der Waals surface area contributed by atoms with Gasteiger partial charge in [0.15, 0.2) is 0 Å². The zero-order valence-corrected chi connectivity index (χ0v) is 13.0. The molecule has 1 aromatic carbocycles. The molecule has 0 saturated carbocycles. The van der Waals surface area contributed by atoms with E-state index in [1.165, 1.54) is 7.11 Å². The Hall–Kier alpha value is -1.75. The molecule has 0 unspecified atom stereocenters. The molecule has 118 valence electrons. The van der Waals surface area contributed by atoms with E-state index in [1.807, 2.05) is 6.07 Å². The van der Waals surface area contributed by atoms with Crippen molar-refractivity contribution in [3.8, 4) is 0 Å². The molecule has 0 N–H and O–H groups in total. The van der Waals surface area contributed by atoms with E-state index >= 15 is 0 Å². The van der Waals surface area contributed by atoms with Crippen LogP contribution in [0.2, 0.25) is 0 Å². The number of methoxy groups -OCH3 is 1. The van der Waals surface area contributed by atoms with Crippen LogP contribution in [0.5, 0.6) is 0 Å². The highest BCUT2D eigenvalue weighted by atomic mass is 35.5. The van der Waals surface area contributed by atoms with Crippen LogP contribution in [-0.2, 0) is 9.47 Å². The molecule has 0 spiro atoms. The van der Waals surface area contributed by atoms with Gasteiger partial charge in [0.25, 0.3) is 0 Å². The molecule has 4 atom stereocenters. The second kappa shape index (κ2) is 6.16. The lowest BCUT2D eigenvalue weighted by Crippen LogP contribution is -2.49. The number of rotatable bonds is 2. The van der Waals surface area contributed by atoms with Gasteiger partial charge in [0, 0.05) is 17.8 Å². The average molecular weight is 324 g/mol. The fourth-order valence-corrected chi connectivity index (χ4v) is 3.80. The summed E-state index contributed by atoms with van der Waals surface area (Å²) >= 11 is 6.26. The first-order chi connectivity index (χ1) is 10.6. The number of alkyl halides is 1. The number of benzene rings is 1. The Kier molecular flexibility index (Phi) is 4.25. The molecule has 0 aromatic heterocycles. The average Bonchev–Trinajstić information content (AvgIpc) is 2.75. The van der Waals surface area contributed by atoms with Crippen molar-refractivity contribution in [3.63, 3.8) is 0 Å². The maximum Gasteiger partial charge on any atom is 0.410 e. The lowest BCUT2D eigenvalue weighted by molar-refractivity contribution is 0.0164. The van der Waals surface area contributed by atoms with E-state index < -0.39 is 0 Å². The van der Waals surface area contributed by atoms with E-state index in [0.717, 1.165) is 0 Å². The van der Waals surface area contributed by atoms with Crippen LogP contribution in [-0.4, -0.2) is 47.6 Å². The van der Waals surface area contributed by atoms with Crippen molar-refractivity contribution in [2.45, 2.75) is 42.8 Å². The third kappa shape index (κ3) is 2.77. The Bertz CT molecular complexity index is 565. The van der Waals surface area contributed by atoms with E-state index in [0.29, 0.717) is 24.8 Å². The Labute approximate surface area is 134 Å². The minimum Gasteiger partial charge on any atom is -0.456 e. The minimum atomic E-state index is -0.378. The SMILES string of the molecule is COC(=O)N1[C@@H]2C[C@H](Cl)C[C@H]1[C@H](OC(=O)c1ccccc1)C2. The number of piperidine rings is 1. The molecule has 2 aliphatic rings. The highest BCUT2D eigenvalue weighted by Gasteiger charge is 2.50. The third-order valence-corrected chi connectivity index (χ3v) is 4.72. The van der Waals surface area contributed by atoms with Crippen LogP contribution in [0.1, 0.15) is 29.6 Å². The van der Waals surface area contributed by atoms with Gasteiger partial charge >= 0.3 is 12.1 Å². The number of amides is 1. The summed E-state index contributed by atoms with van der Waals surface area (Å²) in [6, 6.07) is 8.62. The summed E-state index contributed by atoms with van der Waals surface area (Å²) in [4.78, 5) is 25.9. The lowest BCUT2D eigenvalue weighted by atomic mass is 10.0. The predicted octanol–water partition coefficient (Wildman–Crippen LogP) is 2.82. The molecule has 2 fully saturated rings. The first kappa shape index (κ1) is 15.2. The standard InChI is InChI=1S/C16H18ClNO4/c1-21-16(20)18-12-7-11(17)8-13(18)14(9-12)22-15(19)10-5-3-2-4-6-10/h2-6,11-14H,7-9H2,1H3/t11-,12+,13-,14+/m0/s1. The number of ether oxygens (including phenoxy) is 2. The summed E-state index contributed by atoms with van der Waals surface area (Å²) in [6.07, 6.45) is 1.21. The topological polar surface area (TPSA) is 55.8 Å². The fourth-order valence-electron chi connectivity index (χ4n) is 3.41. The van der Waals surface area contributed by atoms with Crippen LogP contribution in [0.3, 0.4) is 0 Å². The summed E-state index contributed by atoms with van der Waals surface area (Å²) in [7, 11) is 1.36. The van der Waals surface area contributed by atoms with E-state index in [2.05, 4.69) is 0 Å². The predicted molar refractivity (Wildman–Crippen MR) is 81.0 cm³/mol. The van der Waals surface area contributed by atoms with Gasteiger partial charge in [0.2, 0.25) is 0 Å². The lowest BCUT2D eigenvalue weighted by Gasteiger charge is -2.36. The monoisotopic (exact) mass is 323 g/mol. The maximum atomic E-state index is 12.2. The van der Waals surface area contributed by atoms with Gasteiger partial charge in [-0.05, 0) is 25.0 Å². The van der Waals surface area contributed by atoms with Crippen molar-refractivity contribution in [2.24, 2.45) is 0 Å². The van der Waals surface area contributed by atoms with Crippen molar-refractivity contribution in [2.75, 3.05) is 7.11 Å². The molecule has 2 aliphatic heterocycles. The van der Waals surface area contributed by atoms with Crippen LogP contribution in [0.25, 0.3) is 0 Å². The third-order valence-electron chi connectivity index (χ3n) is 4.36. The molecule has 2 bridgehead atoms. The van der Waals surface area contributed by atoms with Gasteiger partial charge in [-0.3, -0.25) is 4.90 Å². The van der Waals surface area contributed by atoms with E-state index in [4.69, 9.17) is 21.1 Å². The van der Waals surface area contributed by atoms with Crippen molar-refractivity contribution in [1.82, 2.24) is 4.90 Å². The maximum absolute atomic E-state index is 12.2. The summed E-state index contributed by atoms with van der Waals surface area (Å²) < 4.78 is 10.5. The number of carbonyl (C=O) groups is 2. The smallest absolute Gasteiger partial charge is 0.410 e. The number of carbonyl (C=O) groups excluding carboxylic acids is 2. The fraction of sp³-hybridized carbons (Fsp3) is 0.500. The molecule has 0 aliphatic carbocycles. The van der Waals surface area contributed by atoms with Gasteiger partial charge < -0.3 is 9.47 Å². The minimum absolute atomic E-state index is 0.00339. The van der Waals surface area contributed by atoms with Crippen molar-refractivity contribution in [1.29, 1.82) is 0 Å². The van der Waals surface area contributed by atoms with Crippen molar-refractivity contribution >= 4 is 23.7 Å². The number of hydrogen-bond donors (Lipinski definition) is 0. The molecule has 1 aromatic rings. The van der Waals surface area contributed by atoms with Gasteiger partial charge in [-0.25, -0.2) is 9.59 Å². The quantitative estimate of drug-likeness (QED) is 0.620. The Balaban J connectivity index is 1.75. The first-order valence-corrected chi connectivity index (χ1v) is 7.80. The molecule has 22 heavy (non-hydrogen) atoms. The zero-order valence-electron chi connectivity index (χ0n) is 12.3. The summed E-state index contributed by atoms with van der Waals surface area (Å²) in [6.45, 7) is 0. The first-order valence-electron chi connectivity index (χ1n) is 7.36. The summed E-state index contributed by atoms with van der Waals surface area (Å²) in [5.41, 5.74) is 0.510. The highest BCUT2D eigenvalue weighted by molar-refractivity contribution is 6.20. The number of hydrogen-bond acceptors (Lipinski definition) is 4. The largest absolute Gasteiger partial charge is 0.456 e. The van der Waals surface area contributed by atoms with E-state index in [9.17, 15) is 9.59 Å². The van der Waals surface area contributed by atoms with Crippen LogP contribution in [0.15, 0.2) is 30.3 Å².